The third-order valence-electron chi connectivity index (χ3n) is 1.88. The highest BCUT2D eigenvalue weighted by molar-refractivity contribution is 5.76. The van der Waals surface area contributed by atoms with Gasteiger partial charge in [-0.15, -0.1) is 12.3 Å². The Kier molecular flexibility index (Phi) is 6.87. The van der Waals surface area contributed by atoms with Gasteiger partial charge in [0, 0.05) is 24.9 Å². The summed E-state index contributed by atoms with van der Waals surface area (Å²) in [5.41, 5.74) is 0. The largest absolute Gasteiger partial charge is 0.353 e. The van der Waals surface area contributed by atoms with Crippen molar-refractivity contribution >= 4 is 5.91 Å². The van der Waals surface area contributed by atoms with E-state index in [0.29, 0.717) is 12.8 Å². The Morgan fingerprint density at radius 2 is 2.07 bits per heavy atom. The van der Waals surface area contributed by atoms with E-state index in [1.54, 1.807) is 0 Å². The fraction of sp³-hybridized carbons (Fsp3) is 0.727. The topological polar surface area (TPSA) is 41.1 Å². The molecular weight excluding hydrogens is 176 g/mol. The Morgan fingerprint density at radius 3 is 2.57 bits per heavy atom. The van der Waals surface area contributed by atoms with Crippen LogP contribution in [0, 0.1) is 12.3 Å². The molecule has 1 amide bonds. The van der Waals surface area contributed by atoms with Crippen molar-refractivity contribution in [3.8, 4) is 12.3 Å². The van der Waals surface area contributed by atoms with Gasteiger partial charge in [-0.2, -0.15) is 0 Å². The molecule has 0 aliphatic heterocycles. The van der Waals surface area contributed by atoms with Gasteiger partial charge in [0.15, 0.2) is 0 Å². The Morgan fingerprint density at radius 1 is 1.43 bits per heavy atom. The summed E-state index contributed by atoms with van der Waals surface area (Å²) in [5, 5.41) is 6.03. The van der Waals surface area contributed by atoms with Gasteiger partial charge in [0.1, 0.15) is 0 Å². The second-order valence-electron chi connectivity index (χ2n) is 3.54. The minimum Gasteiger partial charge on any atom is -0.353 e. The summed E-state index contributed by atoms with van der Waals surface area (Å²) in [6, 6.07) is 0.291. The number of nitrogens with one attached hydrogen (secondary N) is 2. The van der Waals surface area contributed by atoms with Crippen molar-refractivity contribution in [1.29, 1.82) is 0 Å². The van der Waals surface area contributed by atoms with Gasteiger partial charge in [-0.1, -0.05) is 6.92 Å². The van der Waals surface area contributed by atoms with Crippen LogP contribution in [-0.4, -0.2) is 24.5 Å². The first-order chi connectivity index (χ1) is 6.60. The lowest BCUT2D eigenvalue weighted by Crippen LogP contribution is -2.37. The first-order valence-corrected chi connectivity index (χ1v) is 5.06. The molecule has 3 heteroatoms. The zero-order valence-electron chi connectivity index (χ0n) is 9.26. The van der Waals surface area contributed by atoms with Gasteiger partial charge >= 0.3 is 0 Å². The summed E-state index contributed by atoms with van der Waals surface area (Å²) in [6.07, 6.45) is 6.23. The molecule has 0 heterocycles. The molecular formula is C11H20N2O. The summed E-state index contributed by atoms with van der Waals surface area (Å²) >= 11 is 0. The molecule has 0 radical (unpaired) electrons. The van der Waals surface area contributed by atoms with Crippen LogP contribution in [0.4, 0.5) is 0 Å². The van der Waals surface area contributed by atoms with Crippen LogP contribution in [-0.2, 0) is 4.79 Å². The normalized spacial score (nSPS) is 14.1. The molecule has 2 unspecified atom stereocenters. The minimum atomic E-state index is 0.0567. The van der Waals surface area contributed by atoms with Crippen molar-refractivity contribution in [2.45, 2.75) is 45.7 Å². The van der Waals surface area contributed by atoms with Crippen LogP contribution in [0.15, 0.2) is 0 Å². The third-order valence-corrected chi connectivity index (χ3v) is 1.88. The average Bonchev–Trinajstić information content (AvgIpc) is 2.03. The summed E-state index contributed by atoms with van der Waals surface area (Å²) in [6.45, 7) is 6.81. The molecule has 2 N–H and O–H groups in total. The lowest BCUT2D eigenvalue weighted by molar-refractivity contribution is -0.122. The Bertz CT molecular complexity index is 208. The molecule has 0 fully saturated rings. The molecule has 0 aromatic heterocycles. The zero-order valence-corrected chi connectivity index (χ0v) is 9.26. The van der Waals surface area contributed by atoms with Crippen LogP contribution in [0.5, 0.6) is 0 Å². The minimum absolute atomic E-state index is 0.0567. The molecule has 0 aromatic rings. The molecule has 80 valence electrons. The predicted molar refractivity (Wildman–Crippen MR) is 58.8 cm³/mol. The van der Waals surface area contributed by atoms with Gasteiger partial charge in [0.2, 0.25) is 5.91 Å². The molecule has 0 rings (SSSR count). The molecule has 3 nitrogen and oxygen atoms in total. The van der Waals surface area contributed by atoms with E-state index in [0.717, 1.165) is 6.54 Å². The van der Waals surface area contributed by atoms with E-state index in [1.165, 1.54) is 0 Å². The second kappa shape index (κ2) is 7.40. The molecule has 0 spiro atoms. The smallest absolute Gasteiger partial charge is 0.221 e. The lowest BCUT2D eigenvalue weighted by Gasteiger charge is -2.14. The number of carbonyl (C=O) groups is 1. The van der Waals surface area contributed by atoms with Gasteiger partial charge < -0.3 is 10.6 Å². The number of amides is 1. The summed E-state index contributed by atoms with van der Waals surface area (Å²) < 4.78 is 0. The van der Waals surface area contributed by atoms with E-state index < -0.39 is 0 Å². The maximum absolute atomic E-state index is 11.4. The molecule has 0 saturated carbocycles. The van der Waals surface area contributed by atoms with Gasteiger partial charge in [-0.25, -0.2) is 0 Å². The maximum atomic E-state index is 11.4. The van der Waals surface area contributed by atoms with Gasteiger partial charge in [-0.3, -0.25) is 4.79 Å². The number of rotatable bonds is 6. The van der Waals surface area contributed by atoms with Crippen molar-refractivity contribution in [2.75, 3.05) is 6.54 Å². The van der Waals surface area contributed by atoms with E-state index in [2.05, 4.69) is 16.6 Å². The molecule has 2 atom stereocenters. The quantitative estimate of drug-likeness (QED) is 0.620. The maximum Gasteiger partial charge on any atom is 0.221 e. The van der Waals surface area contributed by atoms with Crippen LogP contribution in [0.1, 0.15) is 33.6 Å². The van der Waals surface area contributed by atoms with E-state index in [-0.39, 0.29) is 18.0 Å². The fourth-order valence-corrected chi connectivity index (χ4v) is 1.26. The SMILES string of the molecule is C#CCC(C)NC(=O)CC(C)NCC. The van der Waals surface area contributed by atoms with Crippen molar-refractivity contribution in [3.63, 3.8) is 0 Å². The number of hydrogen-bond acceptors (Lipinski definition) is 2. The standard InChI is InChI=1S/C11H20N2O/c1-5-7-9(3)13-11(14)8-10(4)12-6-2/h1,9-10,12H,6-8H2,2-4H3,(H,13,14). The van der Waals surface area contributed by atoms with Crippen molar-refractivity contribution in [1.82, 2.24) is 10.6 Å². The zero-order chi connectivity index (χ0) is 11.0. The Balaban J connectivity index is 3.70. The van der Waals surface area contributed by atoms with Crippen LogP contribution in [0.2, 0.25) is 0 Å². The van der Waals surface area contributed by atoms with Gasteiger partial charge in [0.05, 0.1) is 0 Å². The van der Waals surface area contributed by atoms with E-state index in [4.69, 9.17) is 6.42 Å². The fourth-order valence-electron chi connectivity index (χ4n) is 1.26. The molecule has 0 aliphatic rings. The first-order valence-electron chi connectivity index (χ1n) is 5.06. The molecule has 0 saturated heterocycles. The summed E-state index contributed by atoms with van der Waals surface area (Å²) in [4.78, 5) is 11.4. The Labute approximate surface area is 86.6 Å². The molecule has 0 aliphatic carbocycles. The molecule has 0 aromatic carbocycles. The van der Waals surface area contributed by atoms with Crippen LogP contribution >= 0.6 is 0 Å². The van der Waals surface area contributed by atoms with Crippen molar-refractivity contribution in [3.05, 3.63) is 0 Å². The predicted octanol–water partition coefficient (Wildman–Crippen LogP) is 0.902. The first kappa shape index (κ1) is 13.0. The van der Waals surface area contributed by atoms with E-state index in [1.807, 2.05) is 20.8 Å². The van der Waals surface area contributed by atoms with E-state index in [9.17, 15) is 4.79 Å². The van der Waals surface area contributed by atoms with Gasteiger partial charge in [0.25, 0.3) is 0 Å². The summed E-state index contributed by atoms with van der Waals surface area (Å²) in [7, 11) is 0. The van der Waals surface area contributed by atoms with Crippen molar-refractivity contribution in [2.24, 2.45) is 0 Å². The summed E-state index contributed by atoms with van der Waals surface area (Å²) in [5.74, 6) is 2.58. The third kappa shape index (κ3) is 6.50. The van der Waals surface area contributed by atoms with Crippen LogP contribution in [0.3, 0.4) is 0 Å². The van der Waals surface area contributed by atoms with Crippen LogP contribution < -0.4 is 10.6 Å². The average molecular weight is 196 g/mol. The molecule has 0 bridgehead atoms. The van der Waals surface area contributed by atoms with E-state index >= 15 is 0 Å². The number of hydrogen-bond donors (Lipinski definition) is 2. The highest BCUT2D eigenvalue weighted by Crippen LogP contribution is 1.93. The highest BCUT2D eigenvalue weighted by atomic mass is 16.1. The van der Waals surface area contributed by atoms with Crippen LogP contribution in [0.25, 0.3) is 0 Å². The number of carbonyl (C=O) groups excluding carboxylic acids is 1. The second-order valence-corrected chi connectivity index (χ2v) is 3.54. The number of terminal acetylenes is 1. The van der Waals surface area contributed by atoms with Crippen molar-refractivity contribution < 1.29 is 4.79 Å². The Hall–Kier alpha value is -1.01. The highest BCUT2D eigenvalue weighted by Gasteiger charge is 2.09. The van der Waals surface area contributed by atoms with Gasteiger partial charge in [-0.05, 0) is 20.4 Å². The monoisotopic (exact) mass is 196 g/mol. The molecule has 14 heavy (non-hydrogen) atoms. The lowest BCUT2D eigenvalue weighted by atomic mass is 10.2.